The number of hydrogen-bond donors (Lipinski definition) is 1. The molecule has 7 nitrogen and oxygen atoms in total. The Morgan fingerprint density at radius 2 is 1.68 bits per heavy atom. The summed E-state index contributed by atoms with van der Waals surface area (Å²) in [6.45, 7) is 0.552. The zero-order valence-corrected chi connectivity index (χ0v) is 20.2. The maximum Gasteiger partial charge on any atom is 0.243 e. The van der Waals surface area contributed by atoms with Crippen molar-refractivity contribution in [1.82, 2.24) is 4.31 Å². The molecule has 1 amide bonds. The van der Waals surface area contributed by atoms with Crippen LogP contribution < -0.4 is 14.8 Å². The summed E-state index contributed by atoms with van der Waals surface area (Å²) in [5.74, 6) is 1.11. The van der Waals surface area contributed by atoms with Gasteiger partial charge in [-0.1, -0.05) is 35.9 Å². The predicted molar refractivity (Wildman–Crippen MR) is 131 cm³/mol. The highest BCUT2D eigenvalue weighted by Crippen LogP contribution is 2.34. The lowest BCUT2D eigenvalue weighted by atomic mass is 9.97. The average Bonchev–Trinajstić information content (AvgIpc) is 2.86. The second-order valence-electron chi connectivity index (χ2n) is 7.90. The Labute approximate surface area is 204 Å². The Morgan fingerprint density at radius 3 is 2.38 bits per heavy atom. The van der Waals surface area contributed by atoms with E-state index in [4.69, 9.17) is 21.1 Å². The predicted octanol–water partition coefficient (Wildman–Crippen LogP) is 5.18. The Kier molecular flexibility index (Phi) is 7.41. The van der Waals surface area contributed by atoms with Crippen molar-refractivity contribution in [3.8, 4) is 17.2 Å². The highest BCUT2D eigenvalue weighted by atomic mass is 35.5. The molecule has 0 aromatic heterocycles. The van der Waals surface area contributed by atoms with Crippen LogP contribution in [-0.2, 0) is 14.8 Å². The number of benzene rings is 3. The number of sulfonamides is 1. The molecule has 1 aliphatic heterocycles. The third kappa shape index (κ3) is 5.52. The van der Waals surface area contributed by atoms with Crippen molar-refractivity contribution >= 4 is 33.2 Å². The van der Waals surface area contributed by atoms with Crippen molar-refractivity contribution < 1.29 is 22.7 Å². The number of methoxy groups -OCH3 is 1. The SMILES string of the molecule is COc1cccc(Oc2ccc(Cl)cc2NC(=O)C2CCN(S(=O)(=O)c3ccccc3)CC2)c1. The number of carbonyl (C=O) groups is 1. The molecule has 0 saturated carbocycles. The monoisotopic (exact) mass is 500 g/mol. The molecular weight excluding hydrogens is 476 g/mol. The molecule has 1 aliphatic rings. The van der Waals surface area contributed by atoms with E-state index in [9.17, 15) is 13.2 Å². The number of hydrogen-bond acceptors (Lipinski definition) is 5. The molecule has 178 valence electrons. The molecule has 0 aliphatic carbocycles. The van der Waals surface area contributed by atoms with E-state index < -0.39 is 10.0 Å². The van der Waals surface area contributed by atoms with E-state index in [1.165, 1.54) is 4.31 Å². The molecule has 1 saturated heterocycles. The first-order valence-corrected chi connectivity index (χ1v) is 12.7. The summed E-state index contributed by atoms with van der Waals surface area (Å²) in [5.41, 5.74) is 0.444. The zero-order chi connectivity index (χ0) is 24.1. The van der Waals surface area contributed by atoms with Crippen molar-refractivity contribution in [2.75, 3.05) is 25.5 Å². The number of carbonyl (C=O) groups excluding carboxylic acids is 1. The van der Waals surface area contributed by atoms with Gasteiger partial charge >= 0.3 is 0 Å². The van der Waals surface area contributed by atoms with Gasteiger partial charge in [-0.25, -0.2) is 8.42 Å². The lowest BCUT2D eigenvalue weighted by Crippen LogP contribution is -2.41. The van der Waals surface area contributed by atoms with E-state index in [1.54, 1.807) is 73.8 Å². The van der Waals surface area contributed by atoms with Gasteiger partial charge in [-0.05, 0) is 55.3 Å². The lowest BCUT2D eigenvalue weighted by molar-refractivity contribution is -0.120. The molecule has 0 atom stereocenters. The number of anilines is 1. The molecule has 4 rings (SSSR count). The van der Waals surface area contributed by atoms with Gasteiger partial charge in [0, 0.05) is 30.1 Å². The van der Waals surface area contributed by atoms with Gasteiger partial charge in [0.15, 0.2) is 5.75 Å². The highest BCUT2D eigenvalue weighted by Gasteiger charge is 2.32. The van der Waals surface area contributed by atoms with Crippen LogP contribution in [0.15, 0.2) is 77.7 Å². The number of ether oxygens (including phenoxy) is 2. The van der Waals surface area contributed by atoms with Crippen LogP contribution in [0.3, 0.4) is 0 Å². The first kappa shape index (κ1) is 24.1. The van der Waals surface area contributed by atoms with E-state index >= 15 is 0 Å². The minimum atomic E-state index is -3.57. The number of rotatable bonds is 7. The summed E-state index contributed by atoms with van der Waals surface area (Å²) in [6.07, 6.45) is 0.842. The van der Waals surface area contributed by atoms with Crippen molar-refractivity contribution in [3.63, 3.8) is 0 Å². The smallest absolute Gasteiger partial charge is 0.243 e. The second kappa shape index (κ2) is 10.5. The minimum absolute atomic E-state index is 0.200. The first-order valence-electron chi connectivity index (χ1n) is 10.8. The van der Waals surface area contributed by atoms with Gasteiger partial charge in [-0.3, -0.25) is 4.79 Å². The molecule has 9 heteroatoms. The number of halogens is 1. The van der Waals surface area contributed by atoms with Gasteiger partial charge in [-0.15, -0.1) is 0 Å². The fourth-order valence-corrected chi connectivity index (χ4v) is 5.48. The molecule has 34 heavy (non-hydrogen) atoms. The van der Waals surface area contributed by atoms with E-state index in [0.29, 0.717) is 40.8 Å². The summed E-state index contributed by atoms with van der Waals surface area (Å²) < 4.78 is 38.3. The number of piperidine rings is 1. The second-order valence-corrected chi connectivity index (χ2v) is 10.3. The van der Waals surface area contributed by atoms with Crippen LogP contribution in [-0.4, -0.2) is 38.8 Å². The van der Waals surface area contributed by atoms with Gasteiger partial charge in [0.05, 0.1) is 17.7 Å². The van der Waals surface area contributed by atoms with E-state index in [0.717, 1.165) is 0 Å². The summed E-state index contributed by atoms with van der Waals surface area (Å²) in [5, 5.41) is 3.36. The highest BCUT2D eigenvalue weighted by molar-refractivity contribution is 7.89. The first-order chi connectivity index (χ1) is 16.4. The van der Waals surface area contributed by atoms with Crippen molar-refractivity contribution in [2.45, 2.75) is 17.7 Å². The maximum absolute atomic E-state index is 13.0. The van der Waals surface area contributed by atoms with E-state index in [-0.39, 0.29) is 29.8 Å². The topological polar surface area (TPSA) is 84.9 Å². The van der Waals surface area contributed by atoms with Crippen LogP contribution in [0, 0.1) is 5.92 Å². The number of nitrogens with zero attached hydrogens (tertiary/aromatic N) is 1. The standard InChI is InChI=1S/C25H25ClN2O5S/c1-32-20-6-5-7-21(17-20)33-24-11-10-19(26)16-23(24)27-25(29)18-12-14-28(15-13-18)34(30,31)22-8-3-2-4-9-22/h2-11,16-18H,12-15H2,1H3,(H,27,29). The minimum Gasteiger partial charge on any atom is -0.497 e. The Balaban J connectivity index is 1.43. The fraction of sp³-hybridized carbons (Fsp3) is 0.240. The van der Waals surface area contributed by atoms with Crippen LogP contribution in [0.5, 0.6) is 17.2 Å². The normalized spacial score (nSPS) is 15.0. The Bertz CT molecular complexity index is 1260. The van der Waals surface area contributed by atoms with Crippen molar-refractivity contribution in [2.24, 2.45) is 5.92 Å². The van der Waals surface area contributed by atoms with Gasteiger partial charge in [-0.2, -0.15) is 4.31 Å². The molecule has 0 radical (unpaired) electrons. The van der Waals surface area contributed by atoms with Crippen LogP contribution in [0.4, 0.5) is 5.69 Å². The van der Waals surface area contributed by atoms with Crippen LogP contribution >= 0.6 is 11.6 Å². The largest absolute Gasteiger partial charge is 0.497 e. The van der Waals surface area contributed by atoms with Gasteiger partial charge < -0.3 is 14.8 Å². The quantitative estimate of drug-likeness (QED) is 0.483. The number of nitrogens with one attached hydrogen (secondary N) is 1. The van der Waals surface area contributed by atoms with Gasteiger partial charge in [0.25, 0.3) is 0 Å². The molecule has 1 fully saturated rings. The molecule has 3 aromatic rings. The van der Waals surface area contributed by atoms with Crippen molar-refractivity contribution in [1.29, 1.82) is 0 Å². The zero-order valence-electron chi connectivity index (χ0n) is 18.6. The van der Waals surface area contributed by atoms with Crippen LogP contribution in [0.1, 0.15) is 12.8 Å². The van der Waals surface area contributed by atoms with E-state index in [2.05, 4.69) is 5.32 Å². The third-order valence-electron chi connectivity index (χ3n) is 5.67. The molecular formula is C25H25ClN2O5S. The molecule has 0 unspecified atom stereocenters. The molecule has 0 bridgehead atoms. The van der Waals surface area contributed by atoms with Crippen LogP contribution in [0.2, 0.25) is 5.02 Å². The third-order valence-corrected chi connectivity index (χ3v) is 7.82. The summed E-state index contributed by atoms with van der Waals surface area (Å²) in [6, 6.07) is 20.5. The lowest BCUT2D eigenvalue weighted by Gasteiger charge is -2.30. The molecule has 3 aromatic carbocycles. The number of amides is 1. The maximum atomic E-state index is 13.0. The average molecular weight is 501 g/mol. The summed E-state index contributed by atoms with van der Waals surface area (Å²) in [7, 11) is -2.00. The molecule has 1 N–H and O–H groups in total. The van der Waals surface area contributed by atoms with Crippen molar-refractivity contribution in [3.05, 3.63) is 77.8 Å². The van der Waals surface area contributed by atoms with Crippen LogP contribution in [0.25, 0.3) is 0 Å². The molecule has 0 spiro atoms. The summed E-state index contributed by atoms with van der Waals surface area (Å²) in [4.78, 5) is 13.3. The summed E-state index contributed by atoms with van der Waals surface area (Å²) >= 11 is 6.16. The van der Waals surface area contributed by atoms with E-state index in [1.807, 2.05) is 6.07 Å². The van der Waals surface area contributed by atoms with Gasteiger partial charge in [0.2, 0.25) is 15.9 Å². The Hall–Kier alpha value is -3.07. The Morgan fingerprint density at radius 1 is 0.971 bits per heavy atom. The van der Waals surface area contributed by atoms with Gasteiger partial charge in [0.1, 0.15) is 11.5 Å². The molecule has 1 heterocycles. The fourth-order valence-electron chi connectivity index (χ4n) is 3.82.